The van der Waals surface area contributed by atoms with E-state index in [0.29, 0.717) is 24.4 Å². The molecule has 0 radical (unpaired) electrons. The maximum atomic E-state index is 14.0. The van der Waals surface area contributed by atoms with Gasteiger partial charge in [-0.05, 0) is 54.8 Å². The van der Waals surface area contributed by atoms with E-state index >= 15 is 0 Å². The van der Waals surface area contributed by atoms with Crippen molar-refractivity contribution in [2.24, 2.45) is 0 Å². The summed E-state index contributed by atoms with van der Waals surface area (Å²) < 4.78 is 33.9. The van der Waals surface area contributed by atoms with E-state index < -0.39 is 28.5 Å². The first-order valence-corrected chi connectivity index (χ1v) is 14.6. The van der Waals surface area contributed by atoms with Crippen molar-refractivity contribution < 1.29 is 22.7 Å². The molecule has 2 amide bonds. The minimum absolute atomic E-state index is 0.0626. The van der Waals surface area contributed by atoms with E-state index in [1.54, 1.807) is 42.5 Å². The fraction of sp³-hybridized carbons (Fsp3) is 0.333. The molecule has 1 atom stereocenters. The van der Waals surface area contributed by atoms with Crippen LogP contribution in [0.5, 0.6) is 5.75 Å². The summed E-state index contributed by atoms with van der Waals surface area (Å²) in [6.45, 7) is 4.09. The van der Waals surface area contributed by atoms with Crippen LogP contribution in [0.2, 0.25) is 0 Å². The summed E-state index contributed by atoms with van der Waals surface area (Å²) in [5, 5.41) is 2.93. The highest BCUT2D eigenvalue weighted by molar-refractivity contribution is 7.92. The Hall–Kier alpha value is -3.85. The average Bonchev–Trinajstić information content (AvgIpc) is 2.96. The molecule has 9 heteroatoms. The molecule has 0 saturated heterocycles. The molecular weight excluding hydrogens is 514 g/mol. The van der Waals surface area contributed by atoms with Crippen LogP contribution in [-0.2, 0) is 26.2 Å². The van der Waals surface area contributed by atoms with Crippen LogP contribution in [0.4, 0.5) is 5.69 Å². The maximum Gasteiger partial charge on any atom is 0.264 e. The quantitative estimate of drug-likeness (QED) is 0.295. The molecule has 3 aromatic rings. The number of unbranched alkanes of at least 4 members (excludes halogenated alkanes) is 1. The van der Waals surface area contributed by atoms with Crippen molar-refractivity contribution in [1.29, 1.82) is 0 Å². The van der Waals surface area contributed by atoms with E-state index in [2.05, 4.69) is 5.32 Å². The van der Waals surface area contributed by atoms with Gasteiger partial charge in [-0.15, -0.1) is 0 Å². The molecule has 0 aromatic heterocycles. The maximum absolute atomic E-state index is 14.0. The molecule has 208 valence electrons. The topological polar surface area (TPSA) is 96.0 Å². The standard InChI is InChI=1S/C30H37N3O5S/c1-4-6-21-31-30(35)28(5-2)32(22-24-13-9-7-10-14-24)29(34)23-33(25-17-19-26(38-3)20-18-25)39(36,37)27-15-11-8-12-16-27/h7-20,28H,4-6,21-23H2,1-3H3,(H,31,35)/t28-/m0/s1. The number of benzene rings is 3. The lowest BCUT2D eigenvalue weighted by Gasteiger charge is -2.33. The number of hydrogen-bond donors (Lipinski definition) is 1. The predicted molar refractivity (Wildman–Crippen MR) is 153 cm³/mol. The highest BCUT2D eigenvalue weighted by Crippen LogP contribution is 2.26. The van der Waals surface area contributed by atoms with Gasteiger partial charge in [-0.1, -0.05) is 68.8 Å². The number of carbonyl (C=O) groups excluding carboxylic acids is 2. The number of amides is 2. The number of nitrogens with one attached hydrogen (secondary N) is 1. The largest absolute Gasteiger partial charge is 0.497 e. The molecule has 3 rings (SSSR count). The number of rotatable bonds is 14. The second-order valence-electron chi connectivity index (χ2n) is 9.10. The number of sulfonamides is 1. The Morgan fingerprint density at radius 1 is 0.897 bits per heavy atom. The summed E-state index contributed by atoms with van der Waals surface area (Å²) in [7, 11) is -2.58. The van der Waals surface area contributed by atoms with Crippen LogP contribution in [0, 0.1) is 0 Å². The Bertz CT molecular complexity index is 1300. The summed E-state index contributed by atoms with van der Waals surface area (Å²) in [5.74, 6) is -0.175. The molecule has 0 spiro atoms. The number of anilines is 1. The molecule has 39 heavy (non-hydrogen) atoms. The van der Waals surface area contributed by atoms with Crippen LogP contribution in [0.15, 0.2) is 89.8 Å². The number of carbonyl (C=O) groups is 2. The number of ether oxygens (including phenoxy) is 1. The smallest absolute Gasteiger partial charge is 0.264 e. The normalized spacial score (nSPS) is 11.9. The zero-order valence-electron chi connectivity index (χ0n) is 22.7. The van der Waals surface area contributed by atoms with Crippen molar-refractivity contribution in [3.8, 4) is 5.75 Å². The van der Waals surface area contributed by atoms with Crippen molar-refractivity contribution in [1.82, 2.24) is 10.2 Å². The van der Waals surface area contributed by atoms with E-state index in [0.717, 1.165) is 22.7 Å². The van der Waals surface area contributed by atoms with Gasteiger partial charge in [0.25, 0.3) is 10.0 Å². The van der Waals surface area contributed by atoms with Gasteiger partial charge in [0.1, 0.15) is 18.3 Å². The molecule has 0 fully saturated rings. The molecule has 8 nitrogen and oxygen atoms in total. The molecule has 0 unspecified atom stereocenters. The molecule has 0 bridgehead atoms. The first kappa shape index (κ1) is 29.7. The van der Waals surface area contributed by atoms with Gasteiger partial charge in [0, 0.05) is 13.1 Å². The first-order chi connectivity index (χ1) is 18.8. The molecule has 0 aliphatic heterocycles. The third-order valence-electron chi connectivity index (χ3n) is 6.38. The Balaban J connectivity index is 2.00. The highest BCUT2D eigenvalue weighted by Gasteiger charge is 2.33. The lowest BCUT2D eigenvalue weighted by Crippen LogP contribution is -2.52. The summed E-state index contributed by atoms with van der Waals surface area (Å²) in [6.07, 6.45) is 2.14. The van der Waals surface area contributed by atoms with E-state index in [1.165, 1.54) is 24.1 Å². The van der Waals surface area contributed by atoms with Crippen molar-refractivity contribution in [2.75, 3.05) is 24.5 Å². The Morgan fingerprint density at radius 2 is 1.51 bits per heavy atom. The van der Waals surface area contributed by atoms with Crippen LogP contribution in [0.1, 0.15) is 38.7 Å². The van der Waals surface area contributed by atoms with Crippen LogP contribution in [0.3, 0.4) is 0 Å². The summed E-state index contributed by atoms with van der Waals surface area (Å²) in [5.41, 5.74) is 1.15. The second-order valence-corrected chi connectivity index (χ2v) is 11.0. The predicted octanol–water partition coefficient (Wildman–Crippen LogP) is 4.61. The molecule has 0 aliphatic rings. The number of methoxy groups -OCH3 is 1. The van der Waals surface area contributed by atoms with E-state index in [9.17, 15) is 18.0 Å². The lowest BCUT2D eigenvalue weighted by molar-refractivity contribution is -0.140. The number of hydrogen-bond acceptors (Lipinski definition) is 5. The van der Waals surface area contributed by atoms with Gasteiger partial charge in [0.2, 0.25) is 11.8 Å². The molecule has 0 saturated carbocycles. The fourth-order valence-corrected chi connectivity index (χ4v) is 5.64. The molecule has 0 heterocycles. The monoisotopic (exact) mass is 551 g/mol. The minimum Gasteiger partial charge on any atom is -0.497 e. The van der Waals surface area contributed by atoms with Gasteiger partial charge in [-0.25, -0.2) is 8.42 Å². The first-order valence-electron chi connectivity index (χ1n) is 13.1. The Labute approximate surface area is 231 Å². The van der Waals surface area contributed by atoms with Crippen molar-refractivity contribution in [2.45, 2.75) is 50.6 Å². The van der Waals surface area contributed by atoms with Crippen LogP contribution >= 0.6 is 0 Å². The van der Waals surface area contributed by atoms with Crippen LogP contribution in [-0.4, -0.2) is 51.4 Å². The van der Waals surface area contributed by atoms with Crippen molar-refractivity contribution >= 4 is 27.5 Å². The van der Waals surface area contributed by atoms with Gasteiger partial charge in [0.15, 0.2) is 0 Å². The number of nitrogens with zero attached hydrogens (tertiary/aromatic N) is 2. The van der Waals surface area contributed by atoms with Crippen LogP contribution in [0.25, 0.3) is 0 Å². The Morgan fingerprint density at radius 3 is 2.08 bits per heavy atom. The van der Waals surface area contributed by atoms with Gasteiger partial charge < -0.3 is 15.0 Å². The minimum atomic E-state index is -4.10. The molecule has 0 aliphatic carbocycles. The Kier molecular flexibility index (Phi) is 10.9. The average molecular weight is 552 g/mol. The van der Waals surface area contributed by atoms with Gasteiger partial charge >= 0.3 is 0 Å². The summed E-state index contributed by atoms with van der Waals surface area (Å²) >= 11 is 0. The van der Waals surface area contributed by atoms with Crippen LogP contribution < -0.4 is 14.4 Å². The SMILES string of the molecule is CCCCNC(=O)[C@H](CC)N(Cc1ccccc1)C(=O)CN(c1ccc(OC)cc1)S(=O)(=O)c1ccccc1. The molecular formula is C30H37N3O5S. The second kappa shape index (κ2) is 14.3. The lowest BCUT2D eigenvalue weighted by atomic mass is 10.1. The van der Waals surface area contributed by atoms with E-state index in [-0.39, 0.29) is 17.3 Å². The highest BCUT2D eigenvalue weighted by atomic mass is 32.2. The zero-order valence-corrected chi connectivity index (χ0v) is 23.6. The summed E-state index contributed by atoms with van der Waals surface area (Å²) in [4.78, 5) is 28.7. The summed E-state index contributed by atoms with van der Waals surface area (Å²) in [6, 6.07) is 23.1. The van der Waals surface area contributed by atoms with Crippen molar-refractivity contribution in [3.05, 3.63) is 90.5 Å². The van der Waals surface area contributed by atoms with Gasteiger partial charge in [0.05, 0.1) is 17.7 Å². The van der Waals surface area contributed by atoms with Gasteiger partial charge in [-0.2, -0.15) is 0 Å². The molecule has 1 N–H and O–H groups in total. The van der Waals surface area contributed by atoms with Crippen molar-refractivity contribution in [3.63, 3.8) is 0 Å². The molecule has 3 aromatic carbocycles. The zero-order chi connectivity index (χ0) is 28.3. The fourth-order valence-electron chi connectivity index (χ4n) is 4.20. The third-order valence-corrected chi connectivity index (χ3v) is 8.17. The van der Waals surface area contributed by atoms with Gasteiger partial charge in [-0.3, -0.25) is 13.9 Å². The third kappa shape index (κ3) is 7.83. The van der Waals surface area contributed by atoms with E-state index in [4.69, 9.17) is 4.74 Å². The van der Waals surface area contributed by atoms with E-state index in [1.807, 2.05) is 44.2 Å².